The van der Waals surface area contributed by atoms with Crippen molar-refractivity contribution in [1.82, 2.24) is 0 Å². The van der Waals surface area contributed by atoms with Crippen molar-refractivity contribution in [3.63, 3.8) is 0 Å². The molecule has 0 atom stereocenters. The lowest BCUT2D eigenvalue weighted by Crippen LogP contribution is -2.40. The first kappa shape index (κ1) is 15.1. The molecule has 132 valence electrons. The first-order valence-electron chi connectivity index (χ1n) is 8.44. The van der Waals surface area contributed by atoms with Gasteiger partial charge in [-0.05, 0) is 29.8 Å². The Morgan fingerprint density at radius 2 is 1.85 bits per heavy atom. The number of ether oxygens (including phenoxy) is 4. The molecular weight excluding hydrogens is 334 g/mol. The van der Waals surface area contributed by atoms with Crippen molar-refractivity contribution >= 4 is 10.8 Å². The molecule has 0 spiro atoms. The Labute approximate surface area is 150 Å². The molecule has 6 nitrogen and oxygen atoms in total. The molecule has 6 heteroatoms. The van der Waals surface area contributed by atoms with Gasteiger partial charge in [-0.25, -0.2) is 0 Å². The quantitative estimate of drug-likeness (QED) is 0.719. The van der Waals surface area contributed by atoms with E-state index in [1.54, 1.807) is 14.2 Å². The van der Waals surface area contributed by atoms with Gasteiger partial charge in [0.1, 0.15) is 0 Å². The molecule has 0 fully saturated rings. The predicted molar refractivity (Wildman–Crippen MR) is 94.2 cm³/mol. The zero-order valence-electron chi connectivity index (χ0n) is 14.5. The summed E-state index contributed by atoms with van der Waals surface area (Å²) in [5, 5.41) is 12.7. The van der Waals surface area contributed by atoms with Crippen LogP contribution in [-0.4, -0.2) is 26.1 Å². The number of rotatable bonds is 2. The van der Waals surface area contributed by atoms with E-state index in [2.05, 4.69) is 4.57 Å². The minimum atomic E-state index is 0.205. The number of aryl methyl sites for hydroxylation is 2. The van der Waals surface area contributed by atoms with Gasteiger partial charge in [-0.15, -0.1) is 0 Å². The highest BCUT2D eigenvalue weighted by Crippen LogP contribution is 2.46. The highest BCUT2D eigenvalue weighted by molar-refractivity contribution is 5.97. The molecule has 2 aliphatic heterocycles. The topological polar surface area (TPSA) is 61.0 Å². The second kappa shape index (κ2) is 5.42. The normalized spacial score (nSPS) is 14.1. The second-order valence-corrected chi connectivity index (χ2v) is 6.39. The molecule has 2 aromatic carbocycles. The van der Waals surface area contributed by atoms with E-state index < -0.39 is 0 Å². The van der Waals surface area contributed by atoms with Crippen molar-refractivity contribution in [2.75, 3.05) is 21.0 Å². The molecule has 0 bridgehead atoms. The average molecular weight is 352 g/mol. The molecule has 5 rings (SSSR count). The summed E-state index contributed by atoms with van der Waals surface area (Å²) in [4.78, 5) is 0. The van der Waals surface area contributed by atoms with Crippen molar-refractivity contribution in [2.45, 2.75) is 13.0 Å². The number of hydrogen-bond donors (Lipinski definition) is 1. The van der Waals surface area contributed by atoms with Gasteiger partial charge in [0, 0.05) is 11.8 Å². The summed E-state index contributed by atoms with van der Waals surface area (Å²) < 4.78 is 24.0. The fraction of sp³-hybridized carbons (Fsp3) is 0.250. The number of fused-ring (bicyclic) bond motifs is 6. The van der Waals surface area contributed by atoms with E-state index >= 15 is 0 Å². The molecule has 3 heterocycles. The van der Waals surface area contributed by atoms with Gasteiger partial charge in [0.25, 0.3) is 5.69 Å². The van der Waals surface area contributed by atoms with Crippen LogP contribution in [-0.2, 0) is 13.0 Å². The average Bonchev–Trinajstić information content (AvgIpc) is 3.15. The Hall–Kier alpha value is -3.15. The Morgan fingerprint density at radius 1 is 1.04 bits per heavy atom. The van der Waals surface area contributed by atoms with Crippen LogP contribution >= 0.6 is 0 Å². The van der Waals surface area contributed by atoms with Crippen molar-refractivity contribution < 1.29 is 28.6 Å². The number of benzene rings is 2. The first-order valence-corrected chi connectivity index (χ1v) is 8.44. The Bertz CT molecular complexity index is 1060. The standard InChI is InChI=1S/C20H17NO5/c1-23-16-7-11-5-6-21-9-14-12(3-4-15-20(14)26-10-25-15)19(22)18(21)13(11)8-17(16)24-2/h3-4,7-9H,5-6,10H2,1-2H3/p+1. The van der Waals surface area contributed by atoms with Crippen LogP contribution in [0.1, 0.15) is 5.56 Å². The molecule has 0 amide bonds. The Balaban J connectivity index is 1.80. The molecule has 3 aromatic rings. The maximum Gasteiger partial charge on any atom is 0.255 e. The van der Waals surface area contributed by atoms with E-state index in [0.717, 1.165) is 40.6 Å². The maximum atomic E-state index is 11.1. The van der Waals surface area contributed by atoms with Gasteiger partial charge in [0.15, 0.2) is 41.5 Å². The fourth-order valence-corrected chi connectivity index (χ4v) is 3.86. The molecule has 1 N–H and O–H groups in total. The summed E-state index contributed by atoms with van der Waals surface area (Å²) in [7, 11) is 3.24. The van der Waals surface area contributed by atoms with Crippen molar-refractivity contribution in [3.05, 3.63) is 36.0 Å². The summed E-state index contributed by atoms with van der Waals surface area (Å²) in [5.74, 6) is 2.97. The summed E-state index contributed by atoms with van der Waals surface area (Å²) >= 11 is 0. The van der Waals surface area contributed by atoms with Crippen LogP contribution in [0.25, 0.3) is 22.0 Å². The van der Waals surface area contributed by atoms with Crippen molar-refractivity contribution in [1.29, 1.82) is 0 Å². The van der Waals surface area contributed by atoms with Gasteiger partial charge < -0.3 is 24.1 Å². The SMILES string of the molecule is COc1cc2c(cc1OC)-c1c(O)c3ccc4c(c3c[n+]1CC2)OCO4. The smallest absolute Gasteiger partial charge is 0.255 e. The van der Waals surface area contributed by atoms with Gasteiger partial charge in [-0.2, -0.15) is 4.57 Å². The number of methoxy groups -OCH3 is 2. The summed E-state index contributed by atoms with van der Waals surface area (Å²) in [6.07, 6.45) is 2.86. The molecule has 26 heavy (non-hydrogen) atoms. The van der Waals surface area contributed by atoms with Gasteiger partial charge >= 0.3 is 0 Å². The van der Waals surface area contributed by atoms with Crippen LogP contribution in [0.3, 0.4) is 0 Å². The first-order chi connectivity index (χ1) is 12.7. The zero-order valence-corrected chi connectivity index (χ0v) is 14.5. The molecule has 0 aliphatic carbocycles. The van der Waals surface area contributed by atoms with E-state index in [9.17, 15) is 5.11 Å². The summed E-state index contributed by atoms with van der Waals surface area (Å²) in [6, 6.07) is 7.62. The third-order valence-electron chi connectivity index (χ3n) is 5.12. The lowest BCUT2D eigenvalue weighted by atomic mass is 9.94. The van der Waals surface area contributed by atoms with Gasteiger partial charge in [-0.3, -0.25) is 0 Å². The predicted octanol–water partition coefficient (Wildman–Crippen LogP) is 2.80. The van der Waals surface area contributed by atoms with Crippen LogP contribution in [0.2, 0.25) is 0 Å². The molecule has 0 saturated heterocycles. The van der Waals surface area contributed by atoms with E-state index in [4.69, 9.17) is 18.9 Å². The number of hydrogen-bond acceptors (Lipinski definition) is 5. The number of aromatic hydroxyl groups is 1. The molecule has 0 saturated carbocycles. The van der Waals surface area contributed by atoms with Crippen LogP contribution < -0.4 is 23.5 Å². The highest BCUT2D eigenvalue weighted by Gasteiger charge is 2.32. The highest BCUT2D eigenvalue weighted by atomic mass is 16.7. The van der Waals surface area contributed by atoms with Crippen molar-refractivity contribution in [2.24, 2.45) is 0 Å². The lowest BCUT2D eigenvalue weighted by molar-refractivity contribution is -0.686. The second-order valence-electron chi connectivity index (χ2n) is 6.39. The Morgan fingerprint density at radius 3 is 2.65 bits per heavy atom. The third kappa shape index (κ3) is 1.95. The summed E-state index contributed by atoms with van der Waals surface area (Å²) in [5.41, 5.74) is 2.85. The number of pyridine rings is 1. The van der Waals surface area contributed by atoms with Gasteiger partial charge in [0.2, 0.25) is 6.79 Å². The summed E-state index contributed by atoms with van der Waals surface area (Å²) in [6.45, 7) is 0.961. The van der Waals surface area contributed by atoms with E-state index in [1.165, 1.54) is 0 Å². The van der Waals surface area contributed by atoms with Crippen LogP contribution in [0.15, 0.2) is 30.5 Å². The lowest BCUT2D eigenvalue weighted by Gasteiger charge is -2.19. The van der Waals surface area contributed by atoms with Gasteiger partial charge in [0.05, 0.1) is 25.2 Å². The monoisotopic (exact) mass is 352 g/mol. The minimum Gasteiger partial charge on any atom is -0.502 e. The largest absolute Gasteiger partial charge is 0.502 e. The van der Waals surface area contributed by atoms with Crippen molar-refractivity contribution in [3.8, 4) is 40.0 Å². The van der Waals surface area contributed by atoms with Crippen LogP contribution in [0.4, 0.5) is 0 Å². The molecule has 0 unspecified atom stereocenters. The molecule has 0 radical (unpaired) electrons. The van der Waals surface area contributed by atoms with E-state index in [0.29, 0.717) is 23.0 Å². The number of nitrogens with zero attached hydrogens (tertiary/aromatic N) is 1. The van der Waals surface area contributed by atoms with E-state index in [1.807, 2.05) is 30.5 Å². The number of aromatic nitrogens is 1. The Kier molecular flexibility index (Phi) is 3.16. The molecular formula is C20H18NO5+. The zero-order chi connectivity index (χ0) is 17.8. The van der Waals surface area contributed by atoms with Crippen LogP contribution in [0.5, 0.6) is 28.7 Å². The van der Waals surface area contributed by atoms with Gasteiger partial charge in [-0.1, -0.05) is 0 Å². The van der Waals surface area contributed by atoms with E-state index in [-0.39, 0.29) is 12.5 Å². The maximum absolute atomic E-state index is 11.1. The molecule has 1 aromatic heterocycles. The molecule has 2 aliphatic rings. The fourth-order valence-electron chi connectivity index (χ4n) is 3.86. The third-order valence-corrected chi connectivity index (χ3v) is 5.12. The minimum absolute atomic E-state index is 0.205. The van der Waals surface area contributed by atoms with Crippen LogP contribution in [0, 0.1) is 0 Å².